The van der Waals surface area contributed by atoms with Crippen molar-refractivity contribution >= 4 is 5.91 Å². The number of carbonyl (C=O) groups excluding carboxylic acids is 1. The van der Waals surface area contributed by atoms with Crippen LogP contribution in [0.2, 0.25) is 0 Å². The van der Waals surface area contributed by atoms with E-state index in [0.29, 0.717) is 12.2 Å². The van der Waals surface area contributed by atoms with Gasteiger partial charge in [0.05, 0.1) is 25.4 Å². The van der Waals surface area contributed by atoms with Gasteiger partial charge in [0, 0.05) is 25.1 Å². The third kappa shape index (κ3) is 8.23. The van der Waals surface area contributed by atoms with Crippen LogP contribution in [-0.4, -0.2) is 42.9 Å². The molecule has 3 atom stereocenters. The lowest BCUT2D eigenvalue weighted by molar-refractivity contribution is -0.123. The third-order valence-electron chi connectivity index (χ3n) is 6.40. The number of nitrogens with one attached hydrogen (secondary N) is 2. The van der Waals surface area contributed by atoms with Gasteiger partial charge in [-0.3, -0.25) is 4.79 Å². The molecule has 0 heterocycles. The summed E-state index contributed by atoms with van der Waals surface area (Å²) in [5.41, 5.74) is 4.22. The van der Waals surface area contributed by atoms with Gasteiger partial charge in [-0.2, -0.15) is 0 Å². The number of rotatable bonds is 13. The second kappa shape index (κ2) is 13.5. The van der Waals surface area contributed by atoms with E-state index < -0.39 is 23.8 Å². The van der Waals surface area contributed by atoms with Gasteiger partial charge in [-0.25, -0.2) is 8.78 Å². The van der Waals surface area contributed by atoms with Crippen LogP contribution in [0.4, 0.5) is 8.78 Å². The molecule has 0 aromatic heterocycles. The van der Waals surface area contributed by atoms with Gasteiger partial charge in [0.25, 0.3) is 0 Å². The van der Waals surface area contributed by atoms with E-state index in [1.54, 1.807) is 6.08 Å². The maximum atomic E-state index is 13.7. The molecule has 7 heteroatoms. The number of amides is 1. The van der Waals surface area contributed by atoms with Gasteiger partial charge in [0.2, 0.25) is 5.91 Å². The number of hydrogen-bond donors (Lipinski definition) is 3. The van der Waals surface area contributed by atoms with Gasteiger partial charge >= 0.3 is 0 Å². The van der Waals surface area contributed by atoms with Crippen LogP contribution in [0.3, 0.4) is 0 Å². The van der Waals surface area contributed by atoms with Gasteiger partial charge in [0.1, 0.15) is 11.6 Å². The molecule has 1 aliphatic rings. The van der Waals surface area contributed by atoms with E-state index in [1.807, 2.05) is 0 Å². The Balaban J connectivity index is 1.68. The fourth-order valence-electron chi connectivity index (χ4n) is 4.56. The highest BCUT2D eigenvalue weighted by atomic mass is 19.1. The Kier molecular flexibility index (Phi) is 10.4. The van der Waals surface area contributed by atoms with Crippen molar-refractivity contribution in [1.29, 1.82) is 0 Å². The topological polar surface area (TPSA) is 70.6 Å². The van der Waals surface area contributed by atoms with Crippen LogP contribution in [0, 0.1) is 11.6 Å². The first kappa shape index (κ1) is 27.0. The minimum Gasteiger partial charge on any atom is -0.390 e. The molecule has 0 spiro atoms. The maximum Gasteiger partial charge on any atom is 0.222 e. The SMILES string of the molecule is C=CCOCCC(=O)NC(Cc1cc(F)cc(F)c1)C(O)CNC1CCCc2ccc(CC)cc21. The van der Waals surface area contributed by atoms with Crippen LogP contribution in [0.15, 0.2) is 49.1 Å². The number of carbonyl (C=O) groups is 1. The average molecular weight is 487 g/mol. The first-order valence-corrected chi connectivity index (χ1v) is 12.4. The minimum atomic E-state index is -0.959. The standard InChI is InChI=1S/C28H36F2N2O3/c1-3-11-35-12-10-28(34)32-26(16-20-13-22(29)17-23(30)14-20)27(33)18-31-25-7-5-6-21-9-8-19(4-2)15-24(21)25/h3,8-9,13-15,17,25-27,31,33H,1,4-7,10-12,16,18H2,2H3,(H,32,34). The molecule has 3 rings (SSSR count). The summed E-state index contributed by atoms with van der Waals surface area (Å²) in [7, 11) is 0. The number of benzene rings is 2. The average Bonchev–Trinajstić information content (AvgIpc) is 2.83. The Morgan fingerprint density at radius 3 is 2.71 bits per heavy atom. The second-order valence-electron chi connectivity index (χ2n) is 9.08. The highest BCUT2D eigenvalue weighted by Gasteiger charge is 2.25. The number of aryl methyl sites for hydroxylation is 2. The summed E-state index contributed by atoms with van der Waals surface area (Å²) in [4.78, 5) is 12.5. The summed E-state index contributed by atoms with van der Waals surface area (Å²) in [5.74, 6) is -1.69. The molecule has 35 heavy (non-hydrogen) atoms. The zero-order valence-electron chi connectivity index (χ0n) is 20.4. The molecule has 0 aliphatic heterocycles. The van der Waals surface area contributed by atoms with E-state index in [2.05, 4.69) is 42.3 Å². The summed E-state index contributed by atoms with van der Waals surface area (Å²) >= 11 is 0. The normalized spacial score (nSPS) is 16.9. The number of aliphatic hydroxyl groups excluding tert-OH is 1. The van der Waals surface area contributed by atoms with Crippen LogP contribution in [0.25, 0.3) is 0 Å². The van der Waals surface area contributed by atoms with E-state index in [1.165, 1.54) is 28.8 Å². The molecule has 0 saturated carbocycles. The van der Waals surface area contributed by atoms with Crippen molar-refractivity contribution < 1.29 is 23.4 Å². The van der Waals surface area contributed by atoms with E-state index in [9.17, 15) is 18.7 Å². The second-order valence-corrected chi connectivity index (χ2v) is 9.08. The molecule has 190 valence electrons. The number of aliphatic hydroxyl groups is 1. The summed E-state index contributed by atoms with van der Waals surface area (Å²) in [5, 5.41) is 17.3. The van der Waals surface area contributed by atoms with E-state index in [0.717, 1.165) is 31.7 Å². The predicted octanol–water partition coefficient (Wildman–Crippen LogP) is 4.18. The van der Waals surface area contributed by atoms with Crippen molar-refractivity contribution in [3.63, 3.8) is 0 Å². The first-order chi connectivity index (χ1) is 16.9. The van der Waals surface area contributed by atoms with Crippen LogP contribution in [0.5, 0.6) is 0 Å². The molecular weight excluding hydrogens is 450 g/mol. The zero-order valence-corrected chi connectivity index (χ0v) is 20.4. The maximum absolute atomic E-state index is 13.7. The van der Waals surface area contributed by atoms with E-state index >= 15 is 0 Å². The molecule has 0 bridgehead atoms. The zero-order chi connectivity index (χ0) is 25.2. The van der Waals surface area contributed by atoms with Crippen LogP contribution >= 0.6 is 0 Å². The van der Waals surface area contributed by atoms with Crippen molar-refractivity contribution in [1.82, 2.24) is 10.6 Å². The summed E-state index contributed by atoms with van der Waals surface area (Å²) < 4.78 is 32.8. The third-order valence-corrected chi connectivity index (χ3v) is 6.40. The Morgan fingerprint density at radius 2 is 2.00 bits per heavy atom. The van der Waals surface area contributed by atoms with Crippen LogP contribution < -0.4 is 10.6 Å². The van der Waals surface area contributed by atoms with Crippen LogP contribution in [-0.2, 0) is 28.8 Å². The lowest BCUT2D eigenvalue weighted by Crippen LogP contribution is -2.49. The molecule has 3 N–H and O–H groups in total. The van der Waals surface area contributed by atoms with Crippen molar-refractivity contribution in [2.24, 2.45) is 0 Å². The lowest BCUT2D eigenvalue weighted by atomic mass is 9.86. The Bertz CT molecular complexity index is 978. The van der Waals surface area contributed by atoms with Crippen molar-refractivity contribution in [3.05, 3.63) is 82.9 Å². The smallest absolute Gasteiger partial charge is 0.222 e. The molecule has 1 amide bonds. The van der Waals surface area contributed by atoms with Crippen LogP contribution in [0.1, 0.15) is 54.5 Å². The van der Waals surface area contributed by atoms with E-state index in [-0.39, 0.29) is 37.9 Å². The molecule has 3 unspecified atom stereocenters. The van der Waals surface area contributed by atoms with Gasteiger partial charge in [0.15, 0.2) is 0 Å². The summed E-state index contributed by atoms with van der Waals surface area (Å²) in [6.07, 6.45) is 4.85. The molecule has 0 radical (unpaired) electrons. The van der Waals surface area contributed by atoms with Gasteiger partial charge in [-0.05, 0) is 66.5 Å². The van der Waals surface area contributed by atoms with Gasteiger partial charge in [-0.1, -0.05) is 31.2 Å². The highest BCUT2D eigenvalue weighted by molar-refractivity contribution is 5.76. The highest BCUT2D eigenvalue weighted by Crippen LogP contribution is 2.30. The number of fused-ring (bicyclic) bond motifs is 1. The fourth-order valence-corrected chi connectivity index (χ4v) is 4.56. The monoisotopic (exact) mass is 486 g/mol. The van der Waals surface area contributed by atoms with Gasteiger partial charge < -0.3 is 20.5 Å². The van der Waals surface area contributed by atoms with E-state index in [4.69, 9.17) is 4.74 Å². The Morgan fingerprint density at radius 1 is 1.23 bits per heavy atom. The largest absolute Gasteiger partial charge is 0.390 e. The summed E-state index contributed by atoms with van der Waals surface area (Å²) in [6.45, 7) is 6.48. The molecule has 2 aromatic rings. The van der Waals surface area contributed by atoms with Crippen molar-refractivity contribution in [2.75, 3.05) is 19.8 Å². The van der Waals surface area contributed by atoms with Crippen molar-refractivity contribution in [2.45, 2.75) is 63.6 Å². The van der Waals surface area contributed by atoms with Gasteiger partial charge in [-0.15, -0.1) is 6.58 Å². The molecule has 1 aliphatic carbocycles. The number of ether oxygens (including phenoxy) is 1. The van der Waals surface area contributed by atoms with Crippen molar-refractivity contribution in [3.8, 4) is 0 Å². The minimum absolute atomic E-state index is 0.0953. The quantitative estimate of drug-likeness (QED) is 0.294. The lowest BCUT2D eigenvalue weighted by Gasteiger charge is -2.30. The molecular formula is C28H36F2N2O3. The molecule has 0 saturated heterocycles. The molecule has 5 nitrogen and oxygen atoms in total. The Hall–Kier alpha value is -2.61. The number of halogens is 2. The molecule has 2 aromatic carbocycles. The Labute approximate surface area is 206 Å². The fraction of sp³-hybridized carbons (Fsp3) is 0.464. The first-order valence-electron chi connectivity index (χ1n) is 12.4. The number of hydrogen-bond acceptors (Lipinski definition) is 4. The summed E-state index contributed by atoms with van der Waals surface area (Å²) in [6, 6.07) is 9.22. The predicted molar refractivity (Wildman–Crippen MR) is 133 cm³/mol. The molecule has 0 fully saturated rings.